The molecule has 35 heavy (non-hydrogen) atoms. The molecule has 1 aliphatic carbocycles. The van der Waals surface area contributed by atoms with E-state index in [0.29, 0.717) is 5.25 Å². The summed E-state index contributed by atoms with van der Waals surface area (Å²) >= 11 is 1.92. The third kappa shape index (κ3) is 4.92. The van der Waals surface area contributed by atoms with Crippen molar-refractivity contribution in [2.75, 3.05) is 0 Å². The molecule has 3 aromatic carbocycles. The molecule has 1 N–H and O–H groups in total. The van der Waals surface area contributed by atoms with E-state index < -0.39 is 11.4 Å². The molecule has 1 atom stereocenters. The SMILES string of the molecule is Cc1noc(-c2ccc(-c3ccc(C4(C(=O)O)CC4)cc3)cc2)c1CSC(C)Cc1ccccc1. The highest BCUT2D eigenvalue weighted by molar-refractivity contribution is 7.99. The van der Waals surface area contributed by atoms with Gasteiger partial charge in [-0.25, -0.2) is 0 Å². The second-order valence-corrected chi connectivity index (χ2v) is 10.9. The van der Waals surface area contributed by atoms with Crippen LogP contribution in [0.25, 0.3) is 22.5 Å². The van der Waals surface area contributed by atoms with E-state index >= 15 is 0 Å². The van der Waals surface area contributed by atoms with Gasteiger partial charge in [0.2, 0.25) is 0 Å². The predicted octanol–water partition coefficient (Wildman–Crippen LogP) is 7.30. The van der Waals surface area contributed by atoms with Crippen LogP contribution in [0.5, 0.6) is 0 Å². The van der Waals surface area contributed by atoms with Crippen LogP contribution in [0.4, 0.5) is 0 Å². The molecule has 1 saturated carbocycles. The summed E-state index contributed by atoms with van der Waals surface area (Å²) < 4.78 is 5.74. The molecule has 1 unspecified atom stereocenters. The summed E-state index contributed by atoms with van der Waals surface area (Å²) in [6.45, 7) is 4.27. The van der Waals surface area contributed by atoms with Gasteiger partial charge in [-0.15, -0.1) is 0 Å². The summed E-state index contributed by atoms with van der Waals surface area (Å²) in [5, 5.41) is 14.3. The molecule has 0 radical (unpaired) electrons. The summed E-state index contributed by atoms with van der Waals surface area (Å²) in [6.07, 6.45) is 2.48. The Kier molecular flexibility index (Phi) is 6.52. The molecule has 0 aliphatic heterocycles. The van der Waals surface area contributed by atoms with Crippen molar-refractivity contribution in [1.29, 1.82) is 0 Å². The van der Waals surface area contributed by atoms with Gasteiger partial charge in [-0.2, -0.15) is 11.8 Å². The Morgan fingerprint density at radius 2 is 1.57 bits per heavy atom. The Bertz CT molecular complexity index is 1310. The lowest BCUT2D eigenvalue weighted by molar-refractivity contribution is -0.140. The minimum Gasteiger partial charge on any atom is -0.481 e. The maximum Gasteiger partial charge on any atom is 0.314 e. The van der Waals surface area contributed by atoms with E-state index in [1.807, 2.05) is 43.0 Å². The lowest BCUT2D eigenvalue weighted by atomic mass is 9.93. The number of hydrogen-bond acceptors (Lipinski definition) is 4. The molecule has 4 nitrogen and oxygen atoms in total. The topological polar surface area (TPSA) is 63.3 Å². The number of aliphatic carboxylic acids is 1. The molecule has 1 aliphatic rings. The minimum atomic E-state index is -0.722. The van der Waals surface area contributed by atoms with Gasteiger partial charge in [0.05, 0.1) is 11.1 Å². The van der Waals surface area contributed by atoms with E-state index in [9.17, 15) is 9.90 Å². The van der Waals surface area contributed by atoms with Crippen LogP contribution in [0.1, 0.15) is 42.1 Å². The van der Waals surface area contributed by atoms with Crippen molar-refractivity contribution in [2.45, 2.75) is 49.5 Å². The molecular weight excluding hydrogens is 454 g/mol. The van der Waals surface area contributed by atoms with Crippen LogP contribution < -0.4 is 0 Å². The minimum absolute atomic E-state index is 0.487. The molecule has 0 spiro atoms. The van der Waals surface area contributed by atoms with E-state index in [4.69, 9.17) is 4.52 Å². The van der Waals surface area contributed by atoms with Crippen LogP contribution in [0, 0.1) is 6.92 Å². The van der Waals surface area contributed by atoms with Crippen LogP contribution in [0.15, 0.2) is 83.4 Å². The first kappa shape index (κ1) is 23.4. The lowest BCUT2D eigenvalue weighted by Crippen LogP contribution is -2.19. The van der Waals surface area contributed by atoms with E-state index in [1.165, 1.54) is 5.56 Å². The highest BCUT2D eigenvalue weighted by Gasteiger charge is 2.51. The lowest BCUT2D eigenvalue weighted by Gasteiger charge is -2.12. The van der Waals surface area contributed by atoms with Gasteiger partial charge in [-0.05, 0) is 48.4 Å². The molecule has 1 fully saturated rings. The van der Waals surface area contributed by atoms with Crippen LogP contribution in [-0.2, 0) is 22.4 Å². The van der Waals surface area contributed by atoms with Crippen LogP contribution in [0.2, 0.25) is 0 Å². The second kappa shape index (κ2) is 9.74. The highest BCUT2D eigenvalue weighted by atomic mass is 32.2. The molecule has 1 aromatic heterocycles. The third-order valence-electron chi connectivity index (χ3n) is 6.94. The van der Waals surface area contributed by atoms with Crippen molar-refractivity contribution in [3.05, 3.63) is 101 Å². The average Bonchev–Trinajstić information content (AvgIpc) is 3.62. The maximum atomic E-state index is 11.6. The van der Waals surface area contributed by atoms with Crippen molar-refractivity contribution in [1.82, 2.24) is 5.16 Å². The molecule has 5 heteroatoms. The van der Waals surface area contributed by atoms with E-state index in [-0.39, 0.29) is 0 Å². The Hall–Kier alpha value is -3.31. The standard InChI is InChI=1S/C30H29NO3S/c1-20(18-22-6-4-3-5-7-22)35-19-27-21(2)31-34-28(27)25-10-8-23(9-11-25)24-12-14-26(15-13-24)30(16-17-30)29(32)33/h3-15,20H,16-19H2,1-2H3,(H,32,33). The van der Waals surface area contributed by atoms with Gasteiger partial charge in [0, 0.05) is 22.1 Å². The Morgan fingerprint density at radius 3 is 2.17 bits per heavy atom. The Labute approximate surface area is 210 Å². The number of carbonyl (C=O) groups is 1. The molecule has 4 aromatic rings. The van der Waals surface area contributed by atoms with Crippen molar-refractivity contribution in [3.8, 4) is 22.5 Å². The third-order valence-corrected chi connectivity index (χ3v) is 8.13. The average molecular weight is 484 g/mol. The predicted molar refractivity (Wildman–Crippen MR) is 142 cm³/mol. The molecule has 0 bridgehead atoms. The summed E-state index contributed by atoms with van der Waals surface area (Å²) in [5.41, 5.74) is 6.84. The normalized spacial score (nSPS) is 15.0. The van der Waals surface area contributed by atoms with Crippen molar-refractivity contribution in [3.63, 3.8) is 0 Å². The second-order valence-electron chi connectivity index (χ2n) is 9.43. The number of carboxylic acid groups (broad SMARTS) is 1. The van der Waals surface area contributed by atoms with E-state index in [2.05, 4.69) is 66.7 Å². The Balaban J connectivity index is 1.28. The summed E-state index contributed by atoms with van der Waals surface area (Å²) in [7, 11) is 0. The first-order valence-corrected chi connectivity index (χ1v) is 13.1. The van der Waals surface area contributed by atoms with Gasteiger partial charge in [-0.3, -0.25) is 4.79 Å². The number of aryl methyl sites for hydroxylation is 1. The van der Waals surface area contributed by atoms with Crippen LogP contribution in [0.3, 0.4) is 0 Å². The van der Waals surface area contributed by atoms with Gasteiger partial charge >= 0.3 is 5.97 Å². The zero-order valence-corrected chi connectivity index (χ0v) is 20.8. The monoisotopic (exact) mass is 483 g/mol. The molecule has 0 saturated heterocycles. The number of aromatic nitrogens is 1. The van der Waals surface area contributed by atoms with Crippen LogP contribution in [-0.4, -0.2) is 21.5 Å². The summed E-state index contributed by atoms with van der Waals surface area (Å²) in [6, 6.07) is 26.8. The number of thioether (sulfide) groups is 1. The first-order valence-electron chi connectivity index (χ1n) is 12.0. The smallest absolute Gasteiger partial charge is 0.314 e. The van der Waals surface area contributed by atoms with Crippen molar-refractivity contribution in [2.24, 2.45) is 0 Å². The molecule has 178 valence electrons. The van der Waals surface area contributed by atoms with Crippen molar-refractivity contribution >= 4 is 17.7 Å². The van der Waals surface area contributed by atoms with Gasteiger partial charge < -0.3 is 9.63 Å². The largest absolute Gasteiger partial charge is 0.481 e. The molecule has 0 amide bonds. The number of carboxylic acids is 1. The van der Waals surface area contributed by atoms with E-state index in [1.54, 1.807) is 0 Å². The fraction of sp³-hybridized carbons (Fsp3) is 0.267. The van der Waals surface area contributed by atoms with Crippen LogP contribution >= 0.6 is 11.8 Å². The van der Waals surface area contributed by atoms with Gasteiger partial charge in [0.25, 0.3) is 0 Å². The number of nitrogens with zero attached hydrogens (tertiary/aromatic N) is 1. The summed E-state index contributed by atoms with van der Waals surface area (Å²) in [4.78, 5) is 11.6. The molecule has 5 rings (SSSR count). The summed E-state index contributed by atoms with van der Waals surface area (Å²) in [5.74, 6) is 0.967. The van der Waals surface area contributed by atoms with Gasteiger partial charge in [0.15, 0.2) is 5.76 Å². The number of hydrogen-bond donors (Lipinski definition) is 1. The van der Waals surface area contributed by atoms with Gasteiger partial charge in [0.1, 0.15) is 0 Å². The highest BCUT2D eigenvalue weighted by Crippen LogP contribution is 2.48. The van der Waals surface area contributed by atoms with E-state index in [0.717, 1.165) is 64.3 Å². The number of benzene rings is 3. The fourth-order valence-electron chi connectivity index (χ4n) is 4.56. The zero-order valence-electron chi connectivity index (χ0n) is 20.0. The maximum absolute atomic E-state index is 11.6. The zero-order chi connectivity index (χ0) is 24.4. The Morgan fingerprint density at radius 1 is 0.971 bits per heavy atom. The van der Waals surface area contributed by atoms with Gasteiger partial charge in [-0.1, -0.05) is 90.9 Å². The fourth-order valence-corrected chi connectivity index (χ4v) is 5.66. The number of rotatable bonds is 9. The quantitative estimate of drug-likeness (QED) is 0.271. The first-order chi connectivity index (χ1) is 17.0. The molecular formula is C30H29NO3S. The molecule has 1 heterocycles. The van der Waals surface area contributed by atoms with Crippen molar-refractivity contribution < 1.29 is 14.4 Å².